The van der Waals surface area contributed by atoms with Crippen LogP contribution in [0.15, 0.2) is 34.7 Å². The monoisotopic (exact) mass is 344 g/mol. The van der Waals surface area contributed by atoms with Gasteiger partial charge < -0.3 is 14.4 Å². The zero-order valence-corrected chi connectivity index (χ0v) is 14.6. The van der Waals surface area contributed by atoms with Gasteiger partial charge in [0.25, 0.3) is 0 Å². The van der Waals surface area contributed by atoms with E-state index < -0.39 is 5.97 Å². The number of carbonyl (C=O) groups excluding carboxylic acids is 1. The summed E-state index contributed by atoms with van der Waals surface area (Å²) in [5.41, 5.74) is 0.811. The molecule has 1 fully saturated rings. The third kappa shape index (κ3) is 3.85. The van der Waals surface area contributed by atoms with E-state index in [1.165, 1.54) is 0 Å². The standard InChI is InChI=1S/C19H24N2O4/c1-13(17-10-14-6-3-4-8-16(14)25-17)20(2)18(22)12-21-9-5-7-15(11-21)19(23)24/h3-4,6,8,10,13,15H,5,7,9,11-12H2,1-2H3,(H,23,24). The second-order valence-electron chi connectivity index (χ2n) is 6.78. The number of amides is 1. The maximum atomic E-state index is 12.6. The maximum absolute atomic E-state index is 12.6. The second-order valence-corrected chi connectivity index (χ2v) is 6.78. The molecule has 1 amide bonds. The Morgan fingerprint density at radius 1 is 1.40 bits per heavy atom. The molecule has 6 nitrogen and oxygen atoms in total. The van der Waals surface area contributed by atoms with Crippen LogP contribution in [0.2, 0.25) is 0 Å². The molecule has 1 aromatic heterocycles. The van der Waals surface area contributed by atoms with Crippen molar-refractivity contribution in [1.29, 1.82) is 0 Å². The third-order valence-corrected chi connectivity index (χ3v) is 5.04. The lowest BCUT2D eigenvalue weighted by Crippen LogP contribution is -2.45. The number of likely N-dealkylation sites (tertiary alicyclic amines) is 1. The van der Waals surface area contributed by atoms with Crippen LogP contribution in [0.25, 0.3) is 11.0 Å². The molecule has 2 heterocycles. The van der Waals surface area contributed by atoms with Crippen LogP contribution in [0, 0.1) is 5.92 Å². The van der Waals surface area contributed by atoms with E-state index in [-0.39, 0.29) is 24.4 Å². The molecule has 2 atom stereocenters. The van der Waals surface area contributed by atoms with Gasteiger partial charge in [0, 0.05) is 19.0 Å². The van der Waals surface area contributed by atoms with Crippen LogP contribution in [0.3, 0.4) is 0 Å². The van der Waals surface area contributed by atoms with Crippen molar-refractivity contribution in [3.63, 3.8) is 0 Å². The fourth-order valence-electron chi connectivity index (χ4n) is 3.32. The fourth-order valence-corrected chi connectivity index (χ4v) is 3.32. The zero-order valence-electron chi connectivity index (χ0n) is 14.6. The second kappa shape index (κ2) is 7.27. The molecule has 1 N–H and O–H groups in total. The highest BCUT2D eigenvalue weighted by molar-refractivity contribution is 5.80. The van der Waals surface area contributed by atoms with Gasteiger partial charge in [-0.25, -0.2) is 0 Å². The largest absolute Gasteiger partial charge is 0.481 e. The quantitative estimate of drug-likeness (QED) is 0.903. The van der Waals surface area contributed by atoms with E-state index in [1.54, 1.807) is 11.9 Å². The number of fused-ring (bicyclic) bond motifs is 1. The van der Waals surface area contributed by atoms with Gasteiger partial charge in [0.1, 0.15) is 11.3 Å². The van der Waals surface area contributed by atoms with Crippen LogP contribution >= 0.6 is 0 Å². The highest BCUT2D eigenvalue weighted by Crippen LogP contribution is 2.27. The molecular weight excluding hydrogens is 320 g/mol. The van der Waals surface area contributed by atoms with E-state index >= 15 is 0 Å². The molecule has 1 aromatic carbocycles. The van der Waals surface area contributed by atoms with Gasteiger partial charge in [-0.05, 0) is 38.4 Å². The van der Waals surface area contributed by atoms with Crippen LogP contribution in [-0.2, 0) is 9.59 Å². The molecule has 0 spiro atoms. The van der Waals surface area contributed by atoms with Crippen molar-refractivity contribution in [3.8, 4) is 0 Å². The number of para-hydroxylation sites is 1. The highest BCUT2D eigenvalue weighted by atomic mass is 16.4. The molecule has 3 rings (SSSR count). The minimum Gasteiger partial charge on any atom is -0.481 e. The van der Waals surface area contributed by atoms with E-state index in [1.807, 2.05) is 42.2 Å². The summed E-state index contributed by atoms with van der Waals surface area (Å²) in [4.78, 5) is 27.4. The van der Waals surface area contributed by atoms with Gasteiger partial charge in [-0.3, -0.25) is 14.5 Å². The number of carboxylic acids is 1. The van der Waals surface area contributed by atoms with E-state index in [0.717, 1.165) is 29.7 Å². The molecule has 1 saturated heterocycles. The minimum absolute atomic E-state index is 0.0287. The summed E-state index contributed by atoms with van der Waals surface area (Å²) < 4.78 is 5.85. The molecular formula is C19H24N2O4. The number of furan rings is 1. The first kappa shape index (κ1) is 17.5. The van der Waals surface area contributed by atoms with Crippen molar-refractivity contribution in [2.75, 3.05) is 26.7 Å². The molecule has 1 aliphatic rings. The number of likely N-dealkylation sites (N-methyl/N-ethyl adjacent to an activating group) is 1. The first-order valence-electron chi connectivity index (χ1n) is 8.65. The summed E-state index contributed by atoms with van der Waals surface area (Å²) in [5.74, 6) is -0.432. The summed E-state index contributed by atoms with van der Waals surface area (Å²) in [5, 5.41) is 10.2. The number of hydrogen-bond acceptors (Lipinski definition) is 4. The number of nitrogens with zero attached hydrogens (tertiary/aromatic N) is 2. The average Bonchev–Trinajstić information content (AvgIpc) is 3.04. The van der Waals surface area contributed by atoms with Crippen LogP contribution in [0.1, 0.15) is 31.6 Å². The summed E-state index contributed by atoms with van der Waals surface area (Å²) in [6.07, 6.45) is 1.50. The number of piperidine rings is 1. The van der Waals surface area contributed by atoms with Crippen molar-refractivity contribution >= 4 is 22.8 Å². The Hall–Kier alpha value is -2.34. The molecule has 25 heavy (non-hydrogen) atoms. The zero-order chi connectivity index (χ0) is 18.0. The molecule has 0 aliphatic carbocycles. The van der Waals surface area contributed by atoms with Gasteiger partial charge in [0.15, 0.2) is 0 Å². The van der Waals surface area contributed by atoms with E-state index in [9.17, 15) is 14.7 Å². The summed E-state index contributed by atoms with van der Waals surface area (Å²) >= 11 is 0. The first-order chi connectivity index (χ1) is 12.0. The lowest BCUT2D eigenvalue weighted by Gasteiger charge is -2.32. The van der Waals surface area contributed by atoms with Crippen molar-refractivity contribution in [2.24, 2.45) is 5.92 Å². The maximum Gasteiger partial charge on any atom is 0.307 e. The van der Waals surface area contributed by atoms with Gasteiger partial charge in [-0.2, -0.15) is 0 Å². The molecule has 0 radical (unpaired) electrons. The topological polar surface area (TPSA) is 74.0 Å². The van der Waals surface area contributed by atoms with E-state index in [2.05, 4.69) is 0 Å². The minimum atomic E-state index is -0.777. The van der Waals surface area contributed by atoms with E-state index in [0.29, 0.717) is 13.0 Å². The van der Waals surface area contributed by atoms with Crippen LogP contribution in [0.5, 0.6) is 0 Å². The Kier molecular flexibility index (Phi) is 5.08. The Labute approximate surface area is 147 Å². The van der Waals surface area contributed by atoms with Crippen LogP contribution in [-0.4, -0.2) is 53.5 Å². The average molecular weight is 344 g/mol. The van der Waals surface area contributed by atoms with Gasteiger partial charge in [-0.15, -0.1) is 0 Å². The number of rotatable bonds is 5. The van der Waals surface area contributed by atoms with Crippen molar-refractivity contribution in [3.05, 3.63) is 36.1 Å². The van der Waals surface area contributed by atoms with Gasteiger partial charge in [0.05, 0.1) is 18.5 Å². The summed E-state index contributed by atoms with van der Waals surface area (Å²) in [6.45, 7) is 3.38. The Bertz CT molecular complexity index is 737. The van der Waals surface area contributed by atoms with Gasteiger partial charge in [0.2, 0.25) is 5.91 Å². The Morgan fingerprint density at radius 3 is 2.88 bits per heavy atom. The van der Waals surface area contributed by atoms with Gasteiger partial charge in [-0.1, -0.05) is 18.2 Å². The molecule has 1 aliphatic heterocycles. The number of hydrogen-bond donors (Lipinski definition) is 1. The molecule has 0 saturated carbocycles. The van der Waals surface area contributed by atoms with Crippen molar-refractivity contribution < 1.29 is 19.1 Å². The summed E-state index contributed by atoms with van der Waals surface area (Å²) in [7, 11) is 1.76. The number of aliphatic carboxylic acids is 1. The van der Waals surface area contributed by atoms with E-state index in [4.69, 9.17) is 4.42 Å². The predicted octanol–water partition coefficient (Wildman–Crippen LogP) is 2.75. The van der Waals surface area contributed by atoms with Crippen molar-refractivity contribution in [2.45, 2.75) is 25.8 Å². The summed E-state index contributed by atoms with van der Waals surface area (Å²) in [6, 6.07) is 9.55. The van der Waals surface area contributed by atoms with Crippen LogP contribution in [0.4, 0.5) is 0 Å². The molecule has 2 aromatic rings. The Balaban J connectivity index is 1.64. The number of carboxylic acid groups (broad SMARTS) is 1. The third-order valence-electron chi connectivity index (χ3n) is 5.04. The smallest absolute Gasteiger partial charge is 0.307 e. The van der Waals surface area contributed by atoms with Crippen LogP contribution < -0.4 is 0 Å². The molecule has 6 heteroatoms. The number of benzene rings is 1. The van der Waals surface area contributed by atoms with Gasteiger partial charge >= 0.3 is 5.97 Å². The number of carbonyl (C=O) groups is 2. The molecule has 0 bridgehead atoms. The SMILES string of the molecule is CC(c1cc2ccccc2o1)N(C)C(=O)CN1CCCC(C(=O)O)C1. The lowest BCUT2D eigenvalue weighted by molar-refractivity contribution is -0.145. The highest BCUT2D eigenvalue weighted by Gasteiger charge is 2.28. The molecule has 134 valence electrons. The fraction of sp³-hybridized carbons (Fsp3) is 0.474. The lowest BCUT2D eigenvalue weighted by atomic mass is 9.98. The first-order valence-corrected chi connectivity index (χ1v) is 8.65. The Morgan fingerprint density at radius 2 is 2.16 bits per heavy atom. The predicted molar refractivity (Wildman–Crippen MR) is 94.2 cm³/mol. The van der Waals surface area contributed by atoms with Crippen molar-refractivity contribution in [1.82, 2.24) is 9.80 Å². The normalized spacial score (nSPS) is 19.7. The molecule has 2 unspecified atom stereocenters.